The van der Waals surface area contributed by atoms with Crippen LogP contribution in [0.25, 0.3) is 0 Å². The molecule has 0 saturated carbocycles. The summed E-state index contributed by atoms with van der Waals surface area (Å²) < 4.78 is 7.71. The summed E-state index contributed by atoms with van der Waals surface area (Å²) in [5.74, 6) is 0.938. The first kappa shape index (κ1) is 14.6. The lowest BCUT2D eigenvalue weighted by atomic mass is 10.1. The Morgan fingerprint density at radius 3 is 2.65 bits per heavy atom. The van der Waals surface area contributed by atoms with Crippen LogP contribution in [0.2, 0.25) is 0 Å². The predicted molar refractivity (Wildman–Crippen MR) is 80.9 cm³/mol. The normalized spacial score (nSPS) is 12.3. The molecular formula is C16H23N3O. The average Bonchev–Trinajstić information content (AvgIpc) is 2.98. The molecule has 2 aromatic rings. The topological polar surface area (TPSA) is 39.1 Å². The fourth-order valence-electron chi connectivity index (χ4n) is 2.16. The SMILES string of the molecule is CCCOc1ccc(C(Cn2ccnc2)NCC)cc1. The second kappa shape index (κ2) is 7.70. The minimum Gasteiger partial charge on any atom is -0.494 e. The Kier molecular flexibility index (Phi) is 5.62. The molecule has 0 radical (unpaired) electrons. The van der Waals surface area contributed by atoms with Gasteiger partial charge in [0.15, 0.2) is 0 Å². The Bertz CT molecular complexity index is 479. The molecule has 0 aliphatic rings. The summed E-state index contributed by atoms with van der Waals surface area (Å²) in [5, 5.41) is 3.51. The minimum atomic E-state index is 0.287. The quantitative estimate of drug-likeness (QED) is 0.803. The van der Waals surface area contributed by atoms with Gasteiger partial charge in [-0.1, -0.05) is 26.0 Å². The highest BCUT2D eigenvalue weighted by molar-refractivity contribution is 5.29. The van der Waals surface area contributed by atoms with Crippen LogP contribution in [0.5, 0.6) is 5.75 Å². The average molecular weight is 273 g/mol. The van der Waals surface area contributed by atoms with Crippen molar-refractivity contribution < 1.29 is 4.74 Å². The van der Waals surface area contributed by atoms with Crippen molar-refractivity contribution in [2.24, 2.45) is 0 Å². The van der Waals surface area contributed by atoms with Gasteiger partial charge < -0.3 is 14.6 Å². The molecule has 0 bridgehead atoms. The summed E-state index contributed by atoms with van der Waals surface area (Å²) in [5.41, 5.74) is 1.27. The lowest BCUT2D eigenvalue weighted by molar-refractivity contribution is 0.317. The fraction of sp³-hybridized carbons (Fsp3) is 0.438. The maximum Gasteiger partial charge on any atom is 0.119 e. The van der Waals surface area contributed by atoms with Gasteiger partial charge in [-0.3, -0.25) is 0 Å². The van der Waals surface area contributed by atoms with E-state index in [1.165, 1.54) is 5.56 Å². The first-order valence-electron chi connectivity index (χ1n) is 7.25. The standard InChI is InChI=1S/C16H23N3O/c1-3-11-20-15-7-5-14(6-8-15)16(18-4-2)12-19-10-9-17-13-19/h5-10,13,16,18H,3-4,11-12H2,1-2H3. The van der Waals surface area contributed by atoms with E-state index in [1.807, 2.05) is 30.9 Å². The van der Waals surface area contributed by atoms with Crippen molar-refractivity contribution in [1.29, 1.82) is 0 Å². The molecule has 108 valence electrons. The van der Waals surface area contributed by atoms with Gasteiger partial charge in [-0.15, -0.1) is 0 Å². The zero-order valence-corrected chi connectivity index (χ0v) is 12.2. The van der Waals surface area contributed by atoms with Gasteiger partial charge in [-0.25, -0.2) is 4.98 Å². The Morgan fingerprint density at radius 2 is 2.05 bits per heavy atom. The molecular weight excluding hydrogens is 250 g/mol. The minimum absolute atomic E-state index is 0.287. The van der Waals surface area contributed by atoms with Crippen LogP contribution in [0.4, 0.5) is 0 Å². The van der Waals surface area contributed by atoms with Crippen molar-refractivity contribution in [3.05, 3.63) is 48.5 Å². The molecule has 0 aliphatic heterocycles. The summed E-state index contributed by atoms with van der Waals surface area (Å²) in [6, 6.07) is 8.64. The molecule has 1 unspecified atom stereocenters. The van der Waals surface area contributed by atoms with E-state index in [1.54, 1.807) is 0 Å². The van der Waals surface area contributed by atoms with Crippen LogP contribution in [0, 0.1) is 0 Å². The zero-order chi connectivity index (χ0) is 14.2. The Labute approximate surface area is 120 Å². The number of nitrogens with one attached hydrogen (secondary N) is 1. The van der Waals surface area contributed by atoms with Crippen molar-refractivity contribution in [3.63, 3.8) is 0 Å². The maximum atomic E-state index is 5.62. The van der Waals surface area contributed by atoms with Gasteiger partial charge in [0.2, 0.25) is 0 Å². The van der Waals surface area contributed by atoms with E-state index in [-0.39, 0.29) is 6.04 Å². The first-order valence-corrected chi connectivity index (χ1v) is 7.25. The van der Waals surface area contributed by atoms with Gasteiger partial charge in [0.05, 0.1) is 19.0 Å². The molecule has 4 heteroatoms. The van der Waals surface area contributed by atoms with Crippen LogP contribution in [-0.4, -0.2) is 22.7 Å². The summed E-state index contributed by atoms with van der Waals surface area (Å²) in [6.07, 6.45) is 6.68. The number of ether oxygens (including phenoxy) is 1. The zero-order valence-electron chi connectivity index (χ0n) is 12.2. The van der Waals surface area contributed by atoms with Crippen LogP contribution < -0.4 is 10.1 Å². The van der Waals surface area contributed by atoms with Gasteiger partial charge in [0, 0.05) is 18.9 Å². The van der Waals surface area contributed by atoms with E-state index in [0.29, 0.717) is 0 Å². The third-order valence-electron chi connectivity index (χ3n) is 3.16. The summed E-state index contributed by atoms with van der Waals surface area (Å²) in [7, 11) is 0. The lowest BCUT2D eigenvalue weighted by Gasteiger charge is -2.19. The molecule has 20 heavy (non-hydrogen) atoms. The van der Waals surface area contributed by atoms with E-state index in [0.717, 1.165) is 31.9 Å². The molecule has 1 aromatic heterocycles. The first-order chi connectivity index (χ1) is 9.83. The van der Waals surface area contributed by atoms with Crippen molar-refractivity contribution in [2.45, 2.75) is 32.9 Å². The number of rotatable bonds is 8. The second-order valence-corrected chi connectivity index (χ2v) is 4.79. The number of hydrogen-bond acceptors (Lipinski definition) is 3. The number of nitrogens with zero attached hydrogens (tertiary/aromatic N) is 2. The van der Waals surface area contributed by atoms with Crippen molar-refractivity contribution in [1.82, 2.24) is 14.9 Å². The summed E-state index contributed by atoms with van der Waals surface area (Å²) in [6.45, 7) is 6.82. The molecule has 2 rings (SSSR count). The van der Waals surface area contributed by atoms with Crippen LogP contribution in [0.15, 0.2) is 43.0 Å². The molecule has 1 heterocycles. The number of imidazole rings is 1. The highest BCUT2D eigenvalue weighted by Crippen LogP contribution is 2.19. The molecule has 0 spiro atoms. The Hall–Kier alpha value is -1.81. The van der Waals surface area contributed by atoms with E-state index >= 15 is 0 Å². The lowest BCUT2D eigenvalue weighted by Crippen LogP contribution is -2.25. The van der Waals surface area contributed by atoms with Crippen molar-refractivity contribution in [3.8, 4) is 5.75 Å². The molecule has 4 nitrogen and oxygen atoms in total. The van der Waals surface area contributed by atoms with E-state index in [4.69, 9.17) is 4.74 Å². The molecule has 1 atom stereocenters. The van der Waals surface area contributed by atoms with Crippen LogP contribution in [-0.2, 0) is 6.54 Å². The predicted octanol–water partition coefficient (Wildman–Crippen LogP) is 3.02. The largest absolute Gasteiger partial charge is 0.494 e. The van der Waals surface area contributed by atoms with Gasteiger partial charge >= 0.3 is 0 Å². The highest BCUT2D eigenvalue weighted by atomic mass is 16.5. The smallest absolute Gasteiger partial charge is 0.119 e. The van der Waals surface area contributed by atoms with Crippen molar-refractivity contribution >= 4 is 0 Å². The highest BCUT2D eigenvalue weighted by Gasteiger charge is 2.10. The van der Waals surface area contributed by atoms with Crippen molar-refractivity contribution in [2.75, 3.05) is 13.2 Å². The third kappa shape index (κ3) is 4.10. The molecule has 0 amide bonds. The molecule has 1 N–H and O–H groups in total. The van der Waals surface area contributed by atoms with Crippen LogP contribution in [0.3, 0.4) is 0 Å². The van der Waals surface area contributed by atoms with Gasteiger partial charge in [0.25, 0.3) is 0 Å². The maximum absolute atomic E-state index is 5.62. The van der Waals surface area contributed by atoms with Crippen LogP contribution in [0.1, 0.15) is 31.9 Å². The fourth-order valence-corrected chi connectivity index (χ4v) is 2.16. The molecule has 0 fully saturated rings. The van der Waals surface area contributed by atoms with Gasteiger partial charge in [-0.2, -0.15) is 0 Å². The second-order valence-electron chi connectivity index (χ2n) is 4.79. The number of likely N-dealkylation sites (N-methyl/N-ethyl adjacent to an activating group) is 1. The number of aromatic nitrogens is 2. The van der Waals surface area contributed by atoms with Gasteiger partial charge in [0.1, 0.15) is 5.75 Å². The van der Waals surface area contributed by atoms with E-state index in [9.17, 15) is 0 Å². The van der Waals surface area contributed by atoms with Gasteiger partial charge in [-0.05, 0) is 30.7 Å². The Balaban J connectivity index is 2.04. The summed E-state index contributed by atoms with van der Waals surface area (Å²) >= 11 is 0. The summed E-state index contributed by atoms with van der Waals surface area (Å²) in [4.78, 5) is 4.09. The third-order valence-corrected chi connectivity index (χ3v) is 3.16. The Morgan fingerprint density at radius 1 is 1.25 bits per heavy atom. The van der Waals surface area contributed by atoms with E-state index in [2.05, 4.69) is 40.8 Å². The monoisotopic (exact) mass is 273 g/mol. The number of hydrogen-bond donors (Lipinski definition) is 1. The molecule has 1 aromatic carbocycles. The number of benzene rings is 1. The van der Waals surface area contributed by atoms with E-state index < -0.39 is 0 Å². The molecule has 0 aliphatic carbocycles. The molecule has 0 saturated heterocycles. The van der Waals surface area contributed by atoms with Crippen LogP contribution >= 0.6 is 0 Å².